The summed E-state index contributed by atoms with van der Waals surface area (Å²) >= 11 is 0. The number of H-pyrrole nitrogens is 1. The minimum Gasteiger partial charge on any atom is -0.437 e. The van der Waals surface area contributed by atoms with Crippen LogP contribution in [0, 0.1) is 12.0 Å². The predicted molar refractivity (Wildman–Crippen MR) is 66.6 cm³/mol. The summed E-state index contributed by atoms with van der Waals surface area (Å²) in [5.74, 6) is 2.50. The molecule has 1 aliphatic heterocycles. The van der Waals surface area contributed by atoms with E-state index < -0.39 is 42.4 Å². The first-order valence-corrected chi connectivity index (χ1v) is 5.91. The molecule has 0 bridgehead atoms. The Labute approximate surface area is 113 Å². The number of aliphatic hydroxyl groups is 2. The molecule has 1 aromatic heterocycles. The predicted octanol–water partition coefficient (Wildman–Crippen LogP) is -1.85. The van der Waals surface area contributed by atoms with E-state index in [1.165, 1.54) is 6.20 Å². The monoisotopic (exact) mass is 282 g/mol. The standard InChI is InChI=1S/C12H14N2O6/c1-2-5-19-10-7(6-15)20-11(9(10)17)14-4-3-8(16)13-12(14)18/h3-4,7,9-11,15,17H,6H2,1H3,(H,13,16,18)/t7-,9-,10-,11-/m1/s1. The van der Waals surface area contributed by atoms with Gasteiger partial charge in [-0.05, 0) is 0 Å². The number of aliphatic hydroxyl groups excluding tert-OH is 2. The molecule has 1 saturated heterocycles. The van der Waals surface area contributed by atoms with Crippen molar-refractivity contribution in [2.75, 3.05) is 6.61 Å². The van der Waals surface area contributed by atoms with E-state index in [-0.39, 0.29) is 0 Å². The second kappa shape index (κ2) is 5.92. The topological polar surface area (TPSA) is 114 Å². The average Bonchev–Trinajstić information content (AvgIpc) is 2.73. The number of hydrogen-bond acceptors (Lipinski definition) is 6. The van der Waals surface area contributed by atoms with Crippen LogP contribution in [0.1, 0.15) is 13.2 Å². The first-order valence-electron chi connectivity index (χ1n) is 5.91. The van der Waals surface area contributed by atoms with Crippen LogP contribution in [0.25, 0.3) is 0 Å². The van der Waals surface area contributed by atoms with Gasteiger partial charge in [0, 0.05) is 19.2 Å². The molecule has 0 aromatic carbocycles. The fourth-order valence-corrected chi connectivity index (χ4v) is 2.00. The lowest BCUT2D eigenvalue weighted by molar-refractivity contribution is -0.0550. The van der Waals surface area contributed by atoms with E-state index in [9.17, 15) is 19.8 Å². The maximum atomic E-state index is 11.7. The van der Waals surface area contributed by atoms with Crippen molar-refractivity contribution in [3.8, 4) is 12.0 Å². The molecular weight excluding hydrogens is 268 g/mol. The number of aromatic nitrogens is 2. The van der Waals surface area contributed by atoms with Crippen LogP contribution in [0.2, 0.25) is 0 Å². The van der Waals surface area contributed by atoms with Gasteiger partial charge in [0.05, 0.1) is 6.61 Å². The molecule has 0 spiro atoms. The zero-order chi connectivity index (χ0) is 14.7. The van der Waals surface area contributed by atoms with E-state index in [0.717, 1.165) is 10.6 Å². The summed E-state index contributed by atoms with van der Waals surface area (Å²) in [7, 11) is 0. The molecule has 2 rings (SSSR count). The van der Waals surface area contributed by atoms with Crippen molar-refractivity contribution in [1.29, 1.82) is 0 Å². The van der Waals surface area contributed by atoms with Crippen LogP contribution in [0.3, 0.4) is 0 Å². The van der Waals surface area contributed by atoms with Gasteiger partial charge in [0.15, 0.2) is 12.3 Å². The number of nitrogens with one attached hydrogen (secondary N) is 1. The quantitative estimate of drug-likeness (QED) is 0.561. The molecule has 0 radical (unpaired) electrons. The highest BCUT2D eigenvalue weighted by molar-refractivity contribution is 4.97. The SMILES string of the molecule is CC#CO[C@H]1[C@@H](O)[C@H](n2ccc(=O)[nH]c2=O)O[C@@H]1CO. The highest BCUT2D eigenvalue weighted by atomic mass is 16.6. The summed E-state index contributed by atoms with van der Waals surface area (Å²) < 4.78 is 11.5. The molecule has 0 amide bonds. The van der Waals surface area contributed by atoms with Crippen molar-refractivity contribution >= 4 is 0 Å². The average molecular weight is 282 g/mol. The van der Waals surface area contributed by atoms with E-state index in [1.807, 2.05) is 0 Å². The summed E-state index contributed by atoms with van der Waals surface area (Å²) in [6.45, 7) is 1.15. The van der Waals surface area contributed by atoms with Gasteiger partial charge in [-0.1, -0.05) is 5.92 Å². The lowest BCUT2D eigenvalue weighted by Gasteiger charge is -2.17. The number of hydrogen-bond donors (Lipinski definition) is 3. The second-order valence-corrected chi connectivity index (χ2v) is 4.19. The van der Waals surface area contributed by atoms with Crippen LogP contribution in [-0.2, 0) is 9.47 Å². The van der Waals surface area contributed by atoms with Crippen LogP contribution in [0.5, 0.6) is 0 Å². The summed E-state index contributed by atoms with van der Waals surface area (Å²) in [5, 5.41) is 19.4. The van der Waals surface area contributed by atoms with Crippen LogP contribution < -0.4 is 11.2 Å². The first kappa shape index (κ1) is 14.3. The van der Waals surface area contributed by atoms with Gasteiger partial charge in [-0.2, -0.15) is 0 Å². The van der Waals surface area contributed by atoms with Gasteiger partial charge < -0.3 is 19.7 Å². The van der Waals surface area contributed by atoms with Gasteiger partial charge >= 0.3 is 5.69 Å². The molecule has 0 saturated carbocycles. The summed E-state index contributed by atoms with van der Waals surface area (Å²) in [6, 6.07) is 1.13. The zero-order valence-corrected chi connectivity index (χ0v) is 10.6. The van der Waals surface area contributed by atoms with Crippen molar-refractivity contribution in [3.05, 3.63) is 33.1 Å². The lowest BCUT2D eigenvalue weighted by Crippen LogP contribution is -2.38. The Kier molecular flexibility index (Phi) is 4.24. The van der Waals surface area contributed by atoms with E-state index in [0.29, 0.717) is 0 Å². The maximum absolute atomic E-state index is 11.7. The summed E-state index contributed by atoms with van der Waals surface area (Å²) in [4.78, 5) is 24.7. The largest absolute Gasteiger partial charge is 0.437 e. The number of rotatable bonds is 3. The van der Waals surface area contributed by atoms with Gasteiger partial charge in [-0.3, -0.25) is 14.3 Å². The number of nitrogens with zero attached hydrogens (tertiary/aromatic N) is 1. The van der Waals surface area contributed by atoms with Crippen molar-refractivity contribution < 1.29 is 19.7 Å². The van der Waals surface area contributed by atoms with Gasteiger partial charge in [-0.25, -0.2) is 4.79 Å². The molecule has 1 aromatic rings. The van der Waals surface area contributed by atoms with Gasteiger partial charge in [0.1, 0.15) is 18.3 Å². The minimum absolute atomic E-state index is 0.401. The summed E-state index contributed by atoms with van der Waals surface area (Å²) in [5.41, 5.74) is -1.28. The molecule has 108 valence electrons. The van der Waals surface area contributed by atoms with E-state index >= 15 is 0 Å². The third-order valence-corrected chi connectivity index (χ3v) is 2.91. The molecule has 1 aliphatic rings. The Morgan fingerprint density at radius 3 is 2.90 bits per heavy atom. The lowest BCUT2D eigenvalue weighted by atomic mass is 10.1. The third kappa shape index (κ3) is 2.60. The van der Waals surface area contributed by atoms with Crippen LogP contribution in [0.4, 0.5) is 0 Å². The number of aromatic amines is 1. The fraction of sp³-hybridized carbons (Fsp3) is 0.500. The summed E-state index contributed by atoms with van der Waals surface area (Å²) in [6.07, 6.45) is -0.457. The second-order valence-electron chi connectivity index (χ2n) is 4.19. The van der Waals surface area contributed by atoms with Crippen molar-refractivity contribution in [2.24, 2.45) is 0 Å². The molecule has 1 fully saturated rings. The third-order valence-electron chi connectivity index (χ3n) is 2.91. The van der Waals surface area contributed by atoms with Gasteiger partial charge in [-0.15, -0.1) is 0 Å². The van der Waals surface area contributed by atoms with Gasteiger partial charge in [0.2, 0.25) is 0 Å². The molecular formula is C12H14N2O6. The zero-order valence-electron chi connectivity index (χ0n) is 10.6. The van der Waals surface area contributed by atoms with Crippen molar-refractivity contribution in [3.63, 3.8) is 0 Å². The first-order chi connectivity index (χ1) is 9.58. The molecule has 8 heteroatoms. The highest BCUT2D eigenvalue weighted by Gasteiger charge is 2.46. The Hall–Kier alpha value is -2.08. The normalized spacial score (nSPS) is 28.8. The Morgan fingerprint density at radius 1 is 1.55 bits per heavy atom. The van der Waals surface area contributed by atoms with E-state index in [2.05, 4.69) is 17.0 Å². The Balaban J connectivity index is 2.31. The highest BCUT2D eigenvalue weighted by Crippen LogP contribution is 2.29. The van der Waals surface area contributed by atoms with Crippen molar-refractivity contribution in [2.45, 2.75) is 31.5 Å². The van der Waals surface area contributed by atoms with Crippen LogP contribution in [0.15, 0.2) is 21.9 Å². The molecule has 0 aliphatic carbocycles. The number of ether oxygens (including phenoxy) is 2. The Morgan fingerprint density at radius 2 is 2.30 bits per heavy atom. The Bertz CT molecular complexity index is 640. The minimum atomic E-state index is -1.21. The molecule has 8 nitrogen and oxygen atoms in total. The fourth-order valence-electron chi connectivity index (χ4n) is 2.00. The van der Waals surface area contributed by atoms with Crippen molar-refractivity contribution in [1.82, 2.24) is 9.55 Å². The van der Waals surface area contributed by atoms with Gasteiger partial charge in [0.25, 0.3) is 5.56 Å². The molecule has 4 atom stereocenters. The molecule has 0 unspecified atom stereocenters. The molecule has 2 heterocycles. The smallest absolute Gasteiger partial charge is 0.330 e. The maximum Gasteiger partial charge on any atom is 0.330 e. The molecule has 20 heavy (non-hydrogen) atoms. The van der Waals surface area contributed by atoms with Crippen LogP contribution >= 0.6 is 0 Å². The van der Waals surface area contributed by atoms with E-state index in [1.54, 1.807) is 6.92 Å². The van der Waals surface area contributed by atoms with E-state index in [4.69, 9.17) is 9.47 Å². The van der Waals surface area contributed by atoms with Crippen LogP contribution in [-0.4, -0.2) is 44.7 Å². The molecule has 3 N–H and O–H groups in total.